The van der Waals surface area contributed by atoms with E-state index in [9.17, 15) is 17.6 Å². The van der Waals surface area contributed by atoms with E-state index in [1.165, 1.54) is 10.9 Å². The molecule has 0 saturated heterocycles. The molecule has 0 aliphatic carbocycles. The molecule has 2 heterocycles. The van der Waals surface area contributed by atoms with Crippen molar-refractivity contribution in [3.05, 3.63) is 51.4 Å². The third kappa shape index (κ3) is 4.18. The molecule has 0 radical (unpaired) electrons. The second-order valence-corrected chi connectivity index (χ2v) is 8.70. The number of hydrogen-bond acceptors (Lipinski definition) is 6. The number of aromatic nitrogens is 3. The number of sulfonamides is 1. The first-order valence-corrected chi connectivity index (χ1v) is 10.7. The molecule has 0 spiro atoms. The van der Waals surface area contributed by atoms with Crippen molar-refractivity contribution in [1.82, 2.24) is 14.5 Å². The maximum atomic E-state index is 14.4. The second kappa shape index (κ2) is 7.96. The Hall–Kier alpha value is -2.72. The molecule has 2 aromatic heterocycles. The normalized spacial score (nSPS) is 11.6. The maximum Gasteiger partial charge on any atom is 0.261 e. The molecule has 0 amide bonds. The Labute approximate surface area is 171 Å². The number of fused-ring (bicyclic) bond motifs is 1. The molecule has 2 N–H and O–H groups in total. The third-order valence-electron chi connectivity index (χ3n) is 4.31. The lowest BCUT2D eigenvalue weighted by atomic mass is 10.1. The first-order chi connectivity index (χ1) is 13.6. The Morgan fingerprint density at radius 2 is 2.00 bits per heavy atom. The van der Waals surface area contributed by atoms with Crippen LogP contribution in [0.1, 0.15) is 18.9 Å². The van der Waals surface area contributed by atoms with Crippen LogP contribution >= 0.6 is 11.6 Å². The van der Waals surface area contributed by atoms with Crippen molar-refractivity contribution in [2.45, 2.75) is 20.3 Å². The molecule has 0 atom stereocenters. The minimum atomic E-state index is -3.66. The molecular weight excluding hydrogens is 421 g/mol. The topological polar surface area (TPSA) is 106 Å². The summed E-state index contributed by atoms with van der Waals surface area (Å²) in [5.41, 5.74) is 1.09. The minimum absolute atomic E-state index is 0.120. The molecular formula is C18H19ClFN5O3S. The highest BCUT2D eigenvalue weighted by molar-refractivity contribution is 7.92. The van der Waals surface area contributed by atoms with Crippen molar-refractivity contribution in [2.24, 2.45) is 7.05 Å². The van der Waals surface area contributed by atoms with E-state index in [2.05, 4.69) is 20.0 Å². The Bertz CT molecular complexity index is 1260. The number of halogens is 2. The molecule has 0 unspecified atom stereocenters. The number of hydrogen-bond donors (Lipinski definition) is 2. The zero-order chi connectivity index (χ0) is 21.3. The van der Waals surface area contributed by atoms with Crippen molar-refractivity contribution in [2.75, 3.05) is 15.8 Å². The van der Waals surface area contributed by atoms with Gasteiger partial charge in [0, 0.05) is 12.7 Å². The van der Waals surface area contributed by atoms with Crippen LogP contribution in [0.15, 0.2) is 29.5 Å². The van der Waals surface area contributed by atoms with Crippen LogP contribution < -0.4 is 15.6 Å². The summed E-state index contributed by atoms with van der Waals surface area (Å²) in [7, 11) is -2.07. The number of benzene rings is 1. The summed E-state index contributed by atoms with van der Waals surface area (Å²) < 4.78 is 42.0. The van der Waals surface area contributed by atoms with Crippen LogP contribution in [0.2, 0.25) is 5.02 Å². The van der Waals surface area contributed by atoms with Crippen LogP contribution in [0.25, 0.3) is 10.9 Å². The third-order valence-corrected chi connectivity index (χ3v) is 6.12. The average molecular weight is 440 g/mol. The zero-order valence-electron chi connectivity index (χ0n) is 16.0. The van der Waals surface area contributed by atoms with Crippen LogP contribution in [0.3, 0.4) is 0 Å². The van der Waals surface area contributed by atoms with E-state index in [0.717, 1.165) is 6.20 Å². The predicted octanol–water partition coefficient (Wildman–Crippen LogP) is 3.32. The number of nitrogens with zero attached hydrogens (tertiary/aromatic N) is 3. The molecule has 0 bridgehead atoms. The van der Waals surface area contributed by atoms with E-state index in [1.807, 2.05) is 0 Å². The summed E-state index contributed by atoms with van der Waals surface area (Å²) in [6.07, 6.45) is 2.69. The molecule has 3 rings (SSSR count). The Balaban J connectivity index is 2.07. The fourth-order valence-electron chi connectivity index (χ4n) is 2.84. The van der Waals surface area contributed by atoms with Gasteiger partial charge in [-0.1, -0.05) is 18.5 Å². The Kier molecular flexibility index (Phi) is 5.76. The number of aryl methyl sites for hydroxylation is 2. The van der Waals surface area contributed by atoms with Crippen LogP contribution in [0, 0.1) is 12.7 Å². The van der Waals surface area contributed by atoms with E-state index in [4.69, 9.17) is 11.6 Å². The quantitative estimate of drug-likeness (QED) is 0.610. The van der Waals surface area contributed by atoms with Crippen molar-refractivity contribution in [1.29, 1.82) is 0 Å². The number of anilines is 3. The summed E-state index contributed by atoms with van der Waals surface area (Å²) in [6, 6.07) is 3.27. The molecule has 29 heavy (non-hydrogen) atoms. The number of rotatable bonds is 6. The molecule has 154 valence electrons. The van der Waals surface area contributed by atoms with Gasteiger partial charge in [-0.2, -0.15) is 0 Å². The predicted molar refractivity (Wildman–Crippen MR) is 112 cm³/mol. The first-order valence-electron chi connectivity index (χ1n) is 8.71. The average Bonchev–Trinajstić information content (AvgIpc) is 2.65. The second-order valence-electron chi connectivity index (χ2n) is 6.48. The largest absolute Gasteiger partial charge is 0.352 e. The van der Waals surface area contributed by atoms with Gasteiger partial charge in [-0.3, -0.25) is 9.52 Å². The van der Waals surface area contributed by atoms with Crippen LogP contribution in [-0.4, -0.2) is 28.7 Å². The molecule has 8 nitrogen and oxygen atoms in total. The molecule has 0 aliphatic rings. The lowest BCUT2D eigenvalue weighted by Gasteiger charge is -2.16. The highest BCUT2D eigenvalue weighted by Gasteiger charge is 2.19. The summed E-state index contributed by atoms with van der Waals surface area (Å²) in [5, 5.41) is 3.01. The smallest absolute Gasteiger partial charge is 0.261 e. The summed E-state index contributed by atoms with van der Waals surface area (Å²) in [4.78, 5) is 20.4. The van der Waals surface area contributed by atoms with Gasteiger partial charge < -0.3 is 9.88 Å². The standard InChI is InChI=1S/C18H19ClFN5O3S/c1-4-7-29(27,28)24-17-15(19)16(11(20)8-21-17)23-12-5-6-13-14(10(12)2)18(26)25(3)9-22-13/h5-6,8-9H,4,7H2,1-3H3,(H2,21,23,24). The van der Waals surface area contributed by atoms with Gasteiger partial charge in [0.05, 0.1) is 34.9 Å². The van der Waals surface area contributed by atoms with Crippen molar-refractivity contribution in [3.63, 3.8) is 0 Å². The lowest BCUT2D eigenvalue weighted by molar-refractivity contribution is 0.599. The zero-order valence-corrected chi connectivity index (χ0v) is 17.5. The molecule has 0 saturated carbocycles. The van der Waals surface area contributed by atoms with E-state index in [-0.39, 0.29) is 27.8 Å². The monoisotopic (exact) mass is 439 g/mol. The van der Waals surface area contributed by atoms with Crippen LogP contribution in [0.5, 0.6) is 0 Å². The minimum Gasteiger partial charge on any atom is -0.352 e. The Morgan fingerprint density at radius 3 is 2.69 bits per heavy atom. The van der Waals surface area contributed by atoms with E-state index >= 15 is 0 Å². The summed E-state index contributed by atoms with van der Waals surface area (Å²) >= 11 is 6.23. The Morgan fingerprint density at radius 1 is 1.28 bits per heavy atom. The van der Waals surface area contributed by atoms with E-state index in [1.54, 1.807) is 33.0 Å². The van der Waals surface area contributed by atoms with Gasteiger partial charge in [-0.05, 0) is 31.0 Å². The van der Waals surface area contributed by atoms with Gasteiger partial charge >= 0.3 is 0 Å². The summed E-state index contributed by atoms with van der Waals surface area (Å²) in [6.45, 7) is 3.42. The summed E-state index contributed by atoms with van der Waals surface area (Å²) in [5.74, 6) is -1.07. The molecule has 11 heteroatoms. The van der Waals surface area contributed by atoms with Crippen LogP contribution in [0.4, 0.5) is 21.6 Å². The molecule has 0 aliphatic heterocycles. The lowest BCUT2D eigenvalue weighted by Crippen LogP contribution is -2.18. The number of nitrogens with one attached hydrogen (secondary N) is 2. The maximum absolute atomic E-state index is 14.4. The molecule has 1 aromatic carbocycles. The van der Waals surface area contributed by atoms with Gasteiger partial charge in [0.25, 0.3) is 5.56 Å². The van der Waals surface area contributed by atoms with E-state index < -0.39 is 15.8 Å². The van der Waals surface area contributed by atoms with Gasteiger partial charge in [0.2, 0.25) is 10.0 Å². The van der Waals surface area contributed by atoms with Crippen molar-refractivity contribution in [3.8, 4) is 0 Å². The van der Waals surface area contributed by atoms with Crippen molar-refractivity contribution >= 4 is 49.7 Å². The molecule has 0 fully saturated rings. The highest BCUT2D eigenvalue weighted by Crippen LogP contribution is 2.35. The van der Waals surface area contributed by atoms with E-state index in [0.29, 0.717) is 28.6 Å². The van der Waals surface area contributed by atoms with Crippen LogP contribution in [-0.2, 0) is 17.1 Å². The molecule has 3 aromatic rings. The van der Waals surface area contributed by atoms with Crippen molar-refractivity contribution < 1.29 is 12.8 Å². The van der Waals surface area contributed by atoms with Gasteiger partial charge in [-0.25, -0.2) is 22.8 Å². The van der Waals surface area contributed by atoms with Gasteiger partial charge in [-0.15, -0.1) is 0 Å². The van der Waals surface area contributed by atoms with Gasteiger partial charge in [0.15, 0.2) is 11.6 Å². The number of pyridine rings is 1. The fraction of sp³-hybridized carbons (Fsp3) is 0.278. The fourth-order valence-corrected chi connectivity index (χ4v) is 4.22. The first kappa shape index (κ1) is 21.0. The van der Waals surface area contributed by atoms with Gasteiger partial charge in [0.1, 0.15) is 5.02 Å². The highest BCUT2D eigenvalue weighted by atomic mass is 35.5. The SMILES string of the molecule is CCCS(=O)(=O)Nc1ncc(F)c(Nc2ccc3ncn(C)c(=O)c3c2C)c1Cl.